The first kappa shape index (κ1) is 14.6. The van der Waals surface area contributed by atoms with Crippen LogP contribution in [0.5, 0.6) is 0 Å². The van der Waals surface area contributed by atoms with Crippen molar-refractivity contribution >= 4 is 0 Å². The third-order valence-electron chi connectivity index (χ3n) is 4.50. The molecule has 0 radical (unpaired) electrons. The minimum atomic E-state index is 0.688. The van der Waals surface area contributed by atoms with Gasteiger partial charge >= 0.3 is 0 Å². The van der Waals surface area contributed by atoms with Gasteiger partial charge in [-0.25, -0.2) is 0 Å². The lowest BCUT2D eigenvalue weighted by Gasteiger charge is -2.32. The molecule has 1 aliphatic heterocycles. The molecule has 1 N–H and O–H groups in total. The summed E-state index contributed by atoms with van der Waals surface area (Å²) in [7, 11) is 0. The Kier molecular flexibility index (Phi) is 5.25. The van der Waals surface area contributed by atoms with Gasteiger partial charge in [-0.3, -0.25) is 4.90 Å². The van der Waals surface area contributed by atoms with Gasteiger partial charge in [0.25, 0.3) is 0 Å². The number of nitrogens with one attached hydrogen (secondary N) is 1. The topological polar surface area (TPSA) is 15.3 Å². The molecule has 2 aliphatic rings. The SMILES string of the molecule is C1=CC(CNC2CCN(Cc3ccccc3)CC2)=CCC1. The second-order valence-corrected chi connectivity index (χ2v) is 6.18. The zero-order chi connectivity index (χ0) is 14.3. The molecular formula is C19H26N2. The van der Waals surface area contributed by atoms with Gasteiger partial charge in [-0.05, 0) is 49.9 Å². The van der Waals surface area contributed by atoms with Crippen LogP contribution >= 0.6 is 0 Å². The minimum absolute atomic E-state index is 0.688. The summed E-state index contributed by atoms with van der Waals surface area (Å²) >= 11 is 0. The van der Waals surface area contributed by atoms with Crippen molar-refractivity contribution in [2.45, 2.75) is 38.3 Å². The molecule has 0 saturated carbocycles. The van der Waals surface area contributed by atoms with Gasteiger partial charge in [0.15, 0.2) is 0 Å². The summed E-state index contributed by atoms with van der Waals surface area (Å²) < 4.78 is 0. The second kappa shape index (κ2) is 7.58. The average molecular weight is 282 g/mol. The number of allylic oxidation sites excluding steroid dienone is 2. The summed E-state index contributed by atoms with van der Waals surface area (Å²) in [5, 5.41) is 3.73. The van der Waals surface area contributed by atoms with Gasteiger partial charge in [0, 0.05) is 19.1 Å². The summed E-state index contributed by atoms with van der Waals surface area (Å²) in [6.07, 6.45) is 11.9. The molecule has 1 fully saturated rings. The van der Waals surface area contributed by atoms with Crippen molar-refractivity contribution in [2.24, 2.45) is 0 Å². The lowest BCUT2D eigenvalue weighted by atomic mass is 10.0. The molecule has 0 spiro atoms. The summed E-state index contributed by atoms with van der Waals surface area (Å²) in [6, 6.07) is 11.5. The number of hydrogen-bond donors (Lipinski definition) is 1. The highest BCUT2D eigenvalue weighted by atomic mass is 15.1. The van der Waals surface area contributed by atoms with Crippen molar-refractivity contribution in [1.82, 2.24) is 10.2 Å². The molecule has 0 aromatic heterocycles. The molecule has 3 rings (SSSR count). The fraction of sp³-hybridized carbons (Fsp3) is 0.474. The molecule has 21 heavy (non-hydrogen) atoms. The van der Waals surface area contributed by atoms with E-state index in [4.69, 9.17) is 0 Å². The van der Waals surface area contributed by atoms with Crippen LogP contribution in [0.2, 0.25) is 0 Å². The largest absolute Gasteiger partial charge is 0.310 e. The molecular weight excluding hydrogens is 256 g/mol. The van der Waals surface area contributed by atoms with E-state index in [0.717, 1.165) is 13.1 Å². The fourth-order valence-corrected chi connectivity index (χ4v) is 3.20. The Morgan fingerprint density at radius 1 is 1.05 bits per heavy atom. The van der Waals surface area contributed by atoms with E-state index in [2.05, 4.69) is 58.8 Å². The smallest absolute Gasteiger partial charge is 0.0233 e. The maximum atomic E-state index is 3.73. The molecule has 1 aliphatic carbocycles. The highest BCUT2D eigenvalue weighted by Crippen LogP contribution is 2.15. The van der Waals surface area contributed by atoms with E-state index in [1.165, 1.54) is 49.9 Å². The van der Waals surface area contributed by atoms with Gasteiger partial charge in [0.2, 0.25) is 0 Å². The zero-order valence-electron chi connectivity index (χ0n) is 12.8. The Morgan fingerprint density at radius 3 is 2.57 bits per heavy atom. The van der Waals surface area contributed by atoms with Crippen molar-refractivity contribution in [2.75, 3.05) is 19.6 Å². The van der Waals surface area contributed by atoms with E-state index in [1.54, 1.807) is 0 Å². The molecule has 0 bridgehead atoms. The predicted octanol–water partition coefficient (Wildman–Crippen LogP) is 3.52. The first-order chi connectivity index (χ1) is 10.4. The van der Waals surface area contributed by atoms with Crippen LogP contribution < -0.4 is 5.32 Å². The van der Waals surface area contributed by atoms with Gasteiger partial charge in [-0.15, -0.1) is 0 Å². The number of piperidine rings is 1. The van der Waals surface area contributed by atoms with E-state index in [9.17, 15) is 0 Å². The quantitative estimate of drug-likeness (QED) is 0.889. The molecule has 0 atom stereocenters. The Balaban J connectivity index is 1.39. The number of nitrogens with zero attached hydrogens (tertiary/aromatic N) is 1. The highest BCUT2D eigenvalue weighted by molar-refractivity contribution is 5.23. The van der Waals surface area contributed by atoms with Crippen LogP contribution in [0.3, 0.4) is 0 Å². The minimum Gasteiger partial charge on any atom is -0.310 e. The van der Waals surface area contributed by atoms with Crippen LogP contribution in [0.4, 0.5) is 0 Å². The van der Waals surface area contributed by atoms with Crippen LogP contribution in [0.15, 0.2) is 54.1 Å². The first-order valence-electron chi connectivity index (χ1n) is 8.25. The fourth-order valence-electron chi connectivity index (χ4n) is 3.20. The summed E-state index contributed by atoms with van der Waals surface area (Å²) in [5.74, 6) is 0. The molecule has 2 nitrogen and oxygen atoms in total. The molecule has 112 valence electrons. The first-order valence-corrected chi connectivity index (χ1v) is 8.25. The summed E-state index contributed by atoms with van der Waals surface area (Å²) in [4.78, 5) is 2.58. The van der Waals surface area contributed by atoms with Crippen LogP contribution in [-0.4, -0.2) is 30.6 Å². The summed E-state index contributed by atoms with van der Waals surface area (Å²) in [5.41, 5.74) is 2.90. The molecule has 2 heteroatoms. The second-order valence-electron chi connectivity index (χ2n) is 6.18. The van der Waals surface area contributed by atoms with Crippen molar-refractivity contribution in [1.29, 1.82) is 0 Å². The number of hydrogen-bond acceptors (Lipinski definition) is 2. The van der Waals surface area contributed by atoms with Gasteiger partial charge < -0.3 is 5.32 Å². The van der Waals surface area contributed by atoms with Crippen molar-refractivity contribution in [3.05, 3.63) is 59.7 Å². The van der Waals surface area contributed by atoms with Gasteiger partial charge in [0.05, 0.1) is 0 Å². The maximum absolute atomic E-state index is 3.73. The molecule has 1 saturated heterocycles. The van der Waals surface area contributed by atoms with Crippen molar-refractivity contribution in [3.8, 4) is 0 Å². The van der Waals surface area contributed by atoms with Crippen molar-refractivity contribution < 1.29 is 0 Å². The Morgan fingerprint density at radius 2 is 1.86 bits per heavy atom. The van der Waals surface area contributed by atoms with E-state index in [0.29, 0.717) is 6.04 Å². The van der Waals surface area contributed by atoms with E-state index in [-0.39, 0.29) is 0 Å². The molecule has 0 amide bonds. The maximum Gasteiger partial charge on any atom is 0.0233 e. The van der Waals surface area contributed by atoms with Crippen LogP contribution in [0.1, 0.15) is 31.2 Å². The van der Waals surface area contributed by atoms with Crippen LogP contribution in [-0.2, 0) is 6.54 Å². The van der Waals surface area contributed by atoms with Gasteiger partial charge in [-0.2, -0.15) is 0 Å². The predicted molar refractivity (Wildman–Crippen MR) is 89.2 cm³/mol. The van der Waals surface area contributed by atoms with Gasteiger partial charge in [-0.1, -0.05) is 48.6 Å². The van der Waals surface area contributed by atoms with E-state index in [1.807, 2.05) is 0 Å². The van der Waals surface area contributed by atoms with Crippen LogP contribution in [0.25, 0.3) is 0 Å². The lowest BCUT2D eigenvalue weighted by Crippen LogP contribution is -2.42. The van der Waals surface area contributed by atoms with Crippen LogP contribution in [0, 0.1) is 0 Å². The Hall–Kier alpha value is -1.38. The third kappa shape index (κ3) is 4.55. The molecule has 1 aromatic carbocycles. The van der Waals surface area contributed by atoms with Crippen molar-refractivity contribution in [3.63, 3.8) is 0 Å². The number of benzene rings is 1. The Bertz CT molecular complexity index is 482. The Labute approximate surface area is 128 Å². The van der Waals surface area contributed by atoms with Gasteiger partial charge in [0.1, 0.15) is 0 Å². The molecule has 1 heterocycles. The number of rotatable bonds is 5. The lowest BCUT2D eigenvalue weighted by molar-refractivity contribution is 0.192. The highest BCUT2D eigenvalue weighted by Gasteiger charge is 2.18. The average Bonchev–Trinajstić information content (AvgIpc) is 2.56. The van der Waals surface area contributed by atoms with E-state index < -0.39 is 0 Å². The standard InChI is InChI=1S/C19H26N2/c1-3-7-17(8-4-1)15-20-19-11-13-21(14-12-19)16-18-9-5-2-6-10-18/h2-3,5-10,19-20H,1,4,11-16H2. The third-order valence-corrected chi connectivity index (χ3v) is 4.50. The number of likely N-dealkylation sites (tertiary alicyclic amines) is 1. The van der Waals surface area contributed by atoms with E-state index >= 15 is 0 Å². The summed E-state index contributed by atoms with van der Waals surface area (Å²) in [6.45, 7) is 4.56. The molecule has 1 aromatic rings. The monoisotopic (exact) mass is 282 g/mol. The molecule has 0 unspecified atom stereocenters. The normalized spacial score (nSPS) is 20.5. The zero-order valence-corrected chi connectivity index (χ0v) is 12.8.